The second-order valence-corrected chi connectivity index (χ2v) is 9.44. The Morgan fingerprint density at radius 1 is 1.10 bits per heavy atom. The van der Waals surface area contributed by atoms with Gasteiger partial charge in [-0.05, 0) is 75.5 Å². The van der Waals surface area contributed by atoms with Crippen molar-refractivity contribution in [3.8, 4) is 0 Å². The van der Waals surface area contributed by atoms with Crippen LogP contribution in [-0.2, 0) is 10.0 Å². The summed E-state index contributed by atoms with van der Waals surface area (Å²) in [6.45, 7) is 5.62. The van der Waals surface area contributed by atoms with Crippen LogP contribution in [0.3, 0.4) is 0 Å². The number of carbonyl (C=O) groups is 1. The Kier molecular flexibility index (Phi) is 7.12. The van der Waals surface area contributed by atoms with E-state index in [-0.39, 0.29) is 16.8 Å². The minimum absolute atomic E-state index is 0.143. The van der Waals surface area contributed by atoms with Crippen molar-refractivity contribution in [2.24, 2.45) is 5.92 Å². The van der Waals surface area contributed by atoms with Gasteiger partial charge < -0.3 is 16.0 Å². The van der Waals surface area contributed by atoms with E-state index in [9.17, 15) is 13.2 Å². The summed E-state index contributed by atoms with van der Waals surface area (Å²) in [5.41, 5.74) is 2.51. The van der Waals surface area contributed by atoms with Gasteiger partial charge in [0.25, 0.3) is 5.91 Å². The first kappa shape index (κ1) is 22.3. The number of amides is 1. The molecule has 0 radical (unpaired) electrons. The van der Waals surface area contributed by atoms with Crippen molar-refractivity contribution >= 4 is 27.3 Å². The average molecular weight is 431 g/mol. The predicted octanol–water partition coefficient (Wildman–Crippen LogP) is 2.96. The zero-order chi connectivity index (χ0) is 21.7. The van der Waals surface area contributed by atoms with Crippen molar-refractivity contribution in [1.29, 1.82) is 0 Å². The highest BCUT2D eigenvalue weighted by Gasteiger charge is 2.25. The summed E-state index contributed by atoms with van der Waals surface area (Å²) in [5.74, 6) is 0.0790. The van der Waals surface area contributed by atoms with Crippen molar-refractivity contribution in [1.82, 2.24) is 10.0 Å². The monoisotopic (exact) mass is 430 g/mol. The molecule has 0 aliphatic carbocycles. The second kappa shape index (κ2) is 9.59. The fourth-order valence-corrected chi connectivity index (χ4v) is 5.12. The number of hydrogen-bond donors (Lipinski definition) is 4. The summed E-state index contributed by atoms with van der Waals surface area (Å²) in [5, 5.41) is 9.14. The lowest BCUT2D eigenvalue weighted by Gasteiger charge is -2.28. The van der Waals surface area contributed by atoms with Crippen LogP contribution in [0.2, 0.25) is 0 Å². The van der Waals surface area contributed by atoms with E-state index in [0.29, 0.717) is 22.9 Å². The van der Waals surface area contributed by atoms with E-state index in [0.717, 1.165) is 31.5 Å². The largest absolute Gasteiger partial charge is 0.386 e. The fourth-order valence-electron chi connectivity index (χ4n) is 3.78. The van der Waals surface area contributed by atoms with Gasteiger partial charge in [-0.1, -0.05) is 18.2 Å². The van der Waals surface area contributed by atoms with Gasteiger partial charge in [0.1, 0.15) is 0 Å². The van der Waals surface area contributed by atoms with E-state index in [4.69, 9.17) is 0 Å². The first-order valence-corrected chi connectivity index (χ1v) is 11.7. The molecule has 2 aromatic rings. The topological polar surface area (TPSA) is 99.3 Å². The van der Waals surface area contributed by atoms with E-state index in [1.54, 1.807) is 25.2 Å². The highest BCUT2D eigenvalue weighted by molar-refractivity contribution is 7.89. The van der Waals surface area contributed by atoms with E-state index in [2.05, 4.69) is 20.7 Å². The Bertz CT molecular complexity index is 1000. The molecule has 0 unspecified atom stereocenters. The smallest absolute Gasteiger partial charge is 0.255 e. The van der Waals surface area contributed by atoms with Gasteiger partial charge in [0, 0.05) is 18.7 Å². The van der Waals surface area contributed by atoms with Crippen molar-refractivity contribution in [3.05, 3.63) is 53.6 Å². The van der Waals surface area contributed by atoms with Crippen molar-refractivity contribution < 1.29 is 13.2 Å². The molecule has 1 saturated heterocycles. The van der Waals surface area contributed by atoms with Gasteiger partial charge in [-0.2, -0.15) is 0 Å². The van der Waals surface area contributed by atoms with Gasteiger partial charge in [-0.15, -0.1) is 0 Å². The summed E-state index contributed by atoms with van der Waals surface area (Å²) < 4.78 is 28.6. The zero-order valence-corrected chi connectivity index (χ0v) is 18.5. The highest BCUT2D eigenvalue weighted by Crippen LogP contribution is 2.27. The SMILES string of the molecule is CNc1cc(S(=O)(=O)N[C@H](C)C2CCNCC2)ccc1NC(=O)c1ccccc1C. The number of rotatable bonds is 7. The van der Waals surface area contributed by atoms with Crippen LogP contribution in [0.25, 0.3) is 0 Å². The summed E-state index contributed by atoms with van der Waals surface area (Å²) in [6.07, 6.45) is 1.91. The van der Waals surface area contributed by atoms with Crippen LogP contribution in [0.15, 0.2) is 47.4 Å². The quantitative estimate of drug-likeness (QED) is 0.541. The van der Waals surface area contributed by atoms with Crippen LogP contribution in [-0.4, -0.2) is 40.5 Å². The molecule has 7 nitrogen and oxygen atoms in total. The highest BCUT2D eigenvalue weighted by atomic mass is 32.2. The lowest BCUT2D eigenvalue weighted by molar-refractivity contribution is 0.102. The number of anilines is 2. The average Bonchev–Trinajstić information content (AvgIpc) is 2.74. The molecule has 2 aromatic carbocycles. The summed E-state index contributed by atoms with van der Waals surface area (Å²) in [4.78, 5) is 12.8. The van der Waals surface area contributed by atoms with Crippen LogP contribution in [0.5, 0.6) is 0 Å². The van der Waals surface area contributed by atoms with E-state index in [1.807, 2.05) is 32.0 Å². The van der Waals surface area contributed by atoms with E-state index < -0.39 is 10.0 Å². The first-order valence-electron chi connectivity index (χ1n) is 10.2. The molecule has 1 fully saturated rings. The molecule has 4 N–H and O–H groups in total. The van der Waals surface area contributed by atoms with E-state index >= 15 is 0 Å². The number of nitrogens with one attached hydrogen (secondary N) is 4. The lowest BCUT2D eigenvalue weighted by atomic mass is 9.92. The molecule has 0 saturated carbocycles. The third-order valence-corrected chi connectivity index (χ3v) is 7.20. The predicted molar refractivity (Wildman–Crippen MR) is 120 cm³/mol. The minimum atomic E-state index is -3.67. The Morgan fingerprint density at radius 2 is 1.80 bits per heavy atom. The van der Waals surface area contributed by atoms with Gasteiger partial charge in [-0.3, -0.25) is 4.79 Å². The number of benzene rings is 2. The Balaban J connectivity index is 1.77. The molecule has 0 bridgehead atoms. The van der Waals surface area contributed by atoms with Crippen LogP contribution < -0.4 is 20.7 Å². The minimum Gasteiger partial charge on any atom is -0.386 e. The van der Waals surface area contributed by atoms with Gasteiger partial charge in [0.15, 0.2) is 0 Å². The fraction of sp³-hybridized carbons (Fsp3) is 0.409. The maximum atomic E-state index is 12.9. The second-order valence-electron chi connectivity index (χ2n) is 7.72. The van der Waals surface area contributed by atoms with E-state index in [1.165, 1.54) is 6.07 Å². The van der Waals surface area contributed by atoms with Gasteiger partial charge in [-0.25, -0.2) is 13.1 Å². The molecule has 3 rings (SSSR count). The van der Waals surface area contributed by atoms with Gasteiger partial charge in [0.2, 0.25) is 10.0 Å². The van der Waals surface area contributed by atoms with Crippen LogP contribution in [0.1, 0.15) is 35.7 Å². The third kappa shape index (κ3) is 5.19. The molecule has 1 amide bonds. The number of hydrogen-bond acceptors (Lipinski definition) is 5. The van der Waals surface area contributed by atoms with Crippen molar-refractivity contribution in [2.45, 2.75) is 37.6 Å². The maximum absolute atomic E-state index is 12.9. The lowest BCUT2D eigenvalue weighted by Crippen LogP contribution is -2.42. The molecule has 0 aromatic heterocycles. The van der Waals surface area contributed by atoms with Crippen LogP contribution in [0, 0.1) is 12.8 Å². The Labute approximate surface area is 178 Å². The van der Waals surface area contributed by atoms with Crippen molar-refractivity contribution in [2.75, 3.05) is 30.8 Å². The normalized spacial score (nSPS) is 16.1. The number of aryl methyl sites for hydroxylation is 1. The maximum Gasteiger partial charge on any atom is 0.255 e. The number of carbonyl (C=O) groups excluding carboxylic acids is 1. The third-order valence-electron chi connectivity index (χ3n) is 5.64. The van der Waals surface area contributed by atoms with Gasteiger partial charge in [0.05, 0.1) is 16.3 Å². The molecular weight excluding hydrogens is 400 g/mol. The molecule has 30 heavy (non-hydrogen) atoms. The molecule has 162 valence electrons. The molecule has 0 spiro atoms. The van der Waals surface area contributed by atoms with Gasteiger partial charge >= 0.3 is 0 Å². The first-order chi connectivity index (χ1) is 14.3. The molecular formula is C22H30N4O3S. The Morgan fingerprint density at radius 3 is 2.47 bits per heavy atom. The standard InChI is InChI=1S/C22H30N4O3S/c1-15-6-4-5-7-19(15)22(27)25-20-9-8-18(14-21(20)23-3)30(28,29)26-16(2)17-10-12-24-13-11-17/h4-9,14,16-17,23-24,26H,10-13H2,1-3H3,(H,25,27)/t16-/m1/s1. The molecule has 1 atom stereocenters. The van der Waals surface area contributed by atoms with Crippen LogP contribution >= 0.6 is 0 Å². The molecule has 1 heterocycles. The molecule has 1 aliphatic heterocycles. The van der Waals surface area contributed by atoms with Crippen LogP contribution in [0.4, 0.5) is 11.4 Å². The molecule has 1 aliphatic rings. The number of piperidine rings is 1. The summed E-state index contributed by atoms with van der Waals surface area (Å²) in [7, 11) is -1.97. The number of sulfonamides is 1. The summed E-state index contributed by atoms with van der Waals surface area (Å²) in [6, 6.07) is 11.9. The summed E-state index contributed by atoms with van der Waals surface area (Å²) >= 11 is 0. The Hall–Kier alpha value is -2.42. The van der Waals surface area contributed by atoms with Crippen molar-refractivity contribution in [3.63, 3.8) is 0 Å². The zero-order valence-electron chi connectivity index (χ0n) is 17.7. The molecule has 8 heteroatoms.